The minimum atomic E-state index is -0.0240. The average molecular weight is 364 g/mol. The van der Waals surface area contributed by atoms with Gasteiger partial charge in [0.25, 0.3) is 0 Å². The Kier molecular flexibility index (Phi) is 11.4. The van der Waals surface area contributed by atoms with Crippen molar-refractivity contribution in [3.8, 4) is 0 Å². The summed E-state index contributed by atoms with van der Waals surface area (Å²) in [5.41, 5.74) is 0.0227. The Labute approximate surface area is 160 Å². The minimum absolute atomic E-state index is 0.0227. The smallest absolute Gasteiger partial charge is 0.119 e. The molecule has 0 saturated carbocycles. The lowest BCUT2D eigenvalue weighted by atomic mass is 9.76. The number of hydrogen-bond acceptors (Lipinski definition) is 2. The average Bonchev–Trinajstić information content (AvgIpc) is 2.65. The molecule has 1 aliphatic carbocycles. The molecule has 0 aliphatic heterocycles. The Morgan fingerprint density at radius 2 is 1.92 bits per heavy atom. The zero-order valence-corrected chi connectivity index (χ0v) is 17.0. The van der Waals surface area contributed by atoms with Crippen molar-refractivity contribution >= 4 is 6.29 Å². The number of unbranched alkanes of at least 4 members (excludes halogenated alkanes) is 5. The van der Waals surface area contributed by atoms with Crippen molar-refractivity contribution in [1.82, 2.24) is 5.32 Å². The molecule has 0 heterocycles. The van der Waals surface area contributed by atoms with Crippen LogP contribution in [0.15, 0.2) is 36.2 Å². The first kappa shape index (κ1) is 22.8. The second kappa shape index (κ2) is 13.0. The molecule has 0 amide bonds. The summed E-state index contributed by atoms with van der Waals surface area (Å²) in [7, 11) is 2.05. The molecule has 0 bridgehead atoms. The first-order chi connectivity index (χ1) is 12.6. The zero-order chi connectivity index (χ0) is 19.3. The Hall–Kier alpha value is -1.22. The molecule has 3 unspecified atom stereocenters. The summed E-state index contributed by atoms with van der Waals surface area (Å²) < 4.78 is 13.8. The van der Waals surface area contributed by atoms with Gasteiger partial charge < -0.3 is 10.1 Å². The van der Waals surface area contributed by atoms with Crippen LogP contribution in [0.4, 0.5) is 4.39 Å². The first-order valence-electron chi connectivity index (χ1n) is 10.4. The normalized spacial score (nSPS) is 25.3. The summed E-state index contributed by atoms with van der Waals surface area (Å²) in [6, 6.07) is 0. The maximum Gasteiger partial charge on any atom is 0.119 e. The van der Waals surface area contributed by atoms with Gasteiger partial charge in [-0.05, 0) is 38.6 Å². The highest BCUT2D eigenvalue weighted by Crippen LogP contribution is 2.31. The number of rotatable bonds is 11. The largest absolute Gasteiger partial charge is 0.313 e. The van der Waals surface area contributed by atoms with Crippen LogP contribution < -0.4 is 5.32 Å². The number of halogens is 1. The molecule has 3 heteroatoms. The molecular formula is C23H38FNO. The molecule has 1 N–H and O–H groups in total. The van der Waals surface area contributed by atoms with Gasteiger partial charge in [0.15, 0.2) is 0 Å². The third kappa shape index (κ3) is 7.99. The van der Waals surface area contributed by atoms with Crippen molar-refractivity contribution in [3.05, 3.63) is 36.2 Å². The van der Waals surface area contributed by atoms with Gasteiger partial charge in [0.05, 0.1) is 5.83 Å². The van der Waals surface area contributed by atoms with E-state index in [0.29, 0.717) is 18.8 Å². The SMILES string of the molecule is CCC(CCCCCCCC=O)(NC)C1C=CC/C(F)=C\CC(C)C=C1. The Bertz CT molecular complexity index is 477. The van der Waals surface area contributed by atoms with Crippen molar-refractivity contribution in [2.24, 2.45) is 11.8 Å². The molecule has 3 atom stereocenters. The van der Waals surface area contributed by atoms with Gasteiger partial charge in [-0.15, -0.1) is 0 Å². The van der Waals surface area contributed by atoms with Crippen LogP contribution in [0.25, 0.3) is 0 Å². The third-order valence-corrected chi connectivity index (χ3v) is 5.73. The van der Waals surface area contributed by atoms with Gasteiger partial charge in [-0.25, -0.2) is 4.39 Å². The van der Waals surface area contributed by atoms with Crippen LogP contribution in [0.3, 0.4) is 0 Å². The molecule has 148 valence electrons. The maximum absolute atomic E-state index is 13.8. The van der Waals surface area contributed by atoms with Crippen molar-refractivity contribution in [3.63, 3.8) is 0 Å². The van der Waals surface area contributed by atoms with E-state index in [2.05, 4.69) is 44.4 Å². The minimum Gasteiger partial charge on any atom is -0.313 e. The standard InChI is InChI=1S/C23H38FNO/c1-4-23(25-3,18-9-7-5-6-8-10-19-26)21-12-11-13-22(24)17-15-20(2)14-16-21/h11-12,14,16-17,19-21,25H,4-10,13,15,18H2,1-3H3/b12-11?,16-14?,22-17+. The number of hydrogen-bond donors (Lipinski definition) is 1. The molecule has 0 fully saturated rings. The van der Waals surface area contributed by atoms with Crippen LogP contribution in [0.1, 0.15) is 78.1 Å². The summed E-state index contributed by atoms with van der Waals surface area (Å²) in [6.45, 7) is 4.39. The molecule has 26 heavy (non-hydrogen) atoms. The monoisotopic (exact) mass is 363 g/mol. The fourth-order valence-electron chi connectivity index (χ4n) is 3.79. The summed E-state index contributed by atoms with van der Waals surface area (Å²) in [5.74, 6) is 0.615. The lowest BCUT2D eigenvalue weighted by molar-refractivity contribution is -0.107. The van der Waals surface area contributed by atoms with Gasteiger partial charge in [0.2, 0.25) is 0 Å². The topological polar surface area (TPSA) is 29.1 Å². The number of nitrogens with one attached hydrogen (secondary N) is 1. The lowest BCUT2D eigenvalue weighted by Gasteiger charge is -2.38. The van der Waals surface area contributed by atoms with Crippen LogP contribution >= 0.6 is 0 Å². The number of carbonyl (C=O) groups is 1. The summed E-state index contributed by atoms with van der Waals surface area (Å²) >= 11 is 0. The Balaban J connectivity index is 2.72. The Morgan fingerprint density at radius 3 is 2.62 bits per heavy atom. The molecule has 0 aromatic rings. The molecule has 0 aromatic carbocycles. The van der Waals surface area contributed by atoms with Crippen molar-refractivity contribution in [2.45, 2.75) is 83.6 Å². The number of carbonyl (C=O) groups excluding carboxylic acids is 1. The molecule has 0 saturated heterocycles. The number of allylic oxidation sites excluding steroid dienone is 4. The van der Waals surface area contributed by atoms with Gasteiger partial charge in [0.1, 0.15) is 6.29 Å². The summed E-state index contributed by atoms with van der Waals surface area (Å²) in [6.07, 6.45) is 21.2. The molecule has 1 rings (SSSR count). The summed E-state index contributed by atoms with van der Waals surface area (Å²) in [5, 5.41) is 3.60. The van der Waals surface area contributed by atoms with Crippen molar-refractivity contribution < 1.29 is 9.18 Å². The van der Waals surface area contributed by atoms with E-state index in [1.165, 1.54) is 19.3 Å². The highest BCUT2D eigenvalue weighted by molar-refractivity contribution is 5.48. The Morgan fingerprint density at radius 1 is 1.19 bits per heavy atom. The summed E-state index contributed by atoms with van der Waals surface area (Å²) in [4.78, 5) is 10.4. The van der Waals surface area contributed by atoms with E-state index in [1.54, 1.807) is 6.08 Å². The third-order valence-electron chi connectivity index (χ3n) is 5.73. The second-order valence-electron chi connectivity index (χ2n) is 7.64. The van der Waals surface area contributed by atoms with Gasteiger partial charge in [-0.3, -0.25) is 0 Å². The van der Waals surface area contributed by atoms with Crippen LogP contribution in [-0.2, 0) is 4.79 Å². The van der Waals surface area contributed by atoms with E-state index in [0.717, 1.165) is 38.4 Å². The zero-order valence-electron chi connectivity index (χ0n) is 17.0. The van der Waals surface area contributed by atoms with Crippen LogP contribution in [0.5, 0.6) is 0 Å². The fourth-order valence-corrected chi connectivity index (χ4v) is 3.79. The van der Waals surface area contributed by atoms with Crippen LogP contribution in [-0.4, -0.2) is 18.9 Å². The lowest BCUT2D eigenvalue weighted by Crippen LogP contribution is -2.48. The van der Waals surface area contributed by atoms with E-state index >= 15 is 0 Å². The van der Waals surface area contributed by atoms with E-state index in [9.17, 15) is 9.18 Å². The highest BCUT2D eigenvalue weighted by Gasteiger charge is 2.32. The second-order valence-corrected chi connectivity index (χ2v) is 7.64. The highest BCUT2D eigenvalue weighted by atomic mass is 19.1. The molecule has 0 spiro atoms. The van der Waals surface area contributed by atoms with Crippen LogP contribution in [0.2, 0.25) is 0 Å². The van der Waals surface area contributed by atoms with Crippen molar-refractivity contribution in [2.75, 3.05) is 7.05 Å². The van der Waals surface area contributed by atoms with E-state index in [-0.39, 0.29) is 17.3 Å². The fraction of sp³-hybridized carbons (Fsp3) is 0.696. The van der Waals surface area contributed by atoms with Gasteiger partial charge >= 0.3 is 0 Å². The van der Waals surface area contributed by atoms with E-state index in [4.69, 9.17) is 0 Å². The van der Waals surface area contributed by atoms with Gasteiger partial charge in [0, 0.05) is 24.3 Å². The molecular weight excluding hydrogens is 325 g/mol. The molecule has 2 nitrogen and oxygen atoms in total. The van der Waals surface area contributed by atoms with Crippen LogP contribution in [0, 0.1) is 11.8 Å². The maximum atomic E-state index is 13.8. The van der Waals surface area contributed by atoms with Gasteiger partial charge in [-0.2, -0.15) is 0 Å². The molecule has 0 radical (unpaired) electrons. The quantitative estimate of drug-likeness (QED) is 0.265. The first-order valence-corrected chi connectivity index (χ1v) is 10.4. The number of aldehydes is 1. The van der Waals surface area contributed by atoms with Gasteiger partial charge in [-0.1, -0.05) is 69.9 Å². The molecule has 0 aromatic heterocycles. The predicted molar refractivity (Wildman–Crippen MR) is 110 cm³/mol. The molecule has 1 aliphatic rings. The van der Waals surface area contributed by atoms with E-state index < -0.39 is 0 Å². The van der Waals surface area contributed by atoms with Crippen molar-refractivity contribution in [1.29, 1.82) is 0 Å². The van der Waals surface area contributed by atoms with E-state index in [1.807, 2.05) is 6.08 Å². The predicted octanol–water partition coefficient (Wildman–Crippen LogP) is 6.30.